The van der Waals surface area contributed by atoms with Crippen LogP contribution >= 0.6 is 0 Å². The lowest BCUT2D eigenvalue weighted by Crippen LogP contribution is -2.51. The number of pyridine rings is 1. The van der Waals surface area contributed by atoms with Gasteiger partial charge in [-0.05, 0) is 38.7 Å². The molecule has 0 aliphatic carbocycles. The molecule has 1 N–H and O–H groups in total. The first-order valence-corrected chi connectivity index (χ1v) is 7.22. The van der Waals surface area contributed by atoms with Crippen molar-refractivity contribution in [3.8, 4) is 0 Å². The molecule has 2 rings (SSSR count). The topological polar surface area (TPSA) is 31.4 Å². The number of piperazine rings is 1. The number of likely N-dealkylation sites (N-methyl/N-ethyl adjacent to an activating group) is 2. The van der Waals surface area contributed by atoms with Crippen molar-refractivity contribution in [3.05, 3.63) is 30.1 Å². The Labute approximate surface area is 116 Å². The predicted octanol–water partition coefficient (Wildman–Crippen LogP) is 1.37. The summed E-state index contributed by atoms with van der Waals surface area (Å²) in [4.78, 5) is 9.17. The number of hydrogen-bond acceptors (Lipinski definition) is 4. The first kappa shape index (κ1) is 14.4. The molecule has 1 aliphatic heterocycles. The van der Waals surface area contributed by atoms with Crippen molar-refractivity contribution >= 4 is 0 Å². The minimum absolute atomic E-state index is 0.401. The van der Waals surface area contributed by atoms with Crippen molar-refractivity contribution in [1.29, 1.82) is 0 Å². The van der Waals surface area contributed by atoms with Crippen LogP contribution in [0, 0.1) is 0 Å². The summed E-state index contributed by atoms with van der Waals surface area (Å²) in [5.41, 5.74) is 1.30. The minimum Gasteiger partial charge on any atom is -0.310 e. The van der Waals surface area contributed by atoms with E-state index in [1.807, 2.05) is 18.5 Å². The van der Waals surface area contributed by atoms with Crippen LogP contribution < -0.4 is 5.32 Å². The van der Waals surface area contributed by atoms with Gasteiger partial charge >= 0.3 is 0 Å². The van der Waals surface area contributed by atoms with Crippen LogP contribution in [0.25, 0.3) is 0 Å². The van der Waals surface area contributed by atoms with Crippen LogP contribution in [0.4, 0.5) is 0 Å². The number of nitrogens with one attached hydrogen (secondary N) is 1. The Bertz CT molecular complexity index is 368. The second-order valence-electron chi connectivity index (χ2n) is 5.53. The molecule has 4 heteroatoms. The molecule has 2 atom stereocenters. The maximum atomic E-state index is 4.25. The van der Waals surface area contributed by atoms with E-state index >= 15 is 0 Å². The van der Waals surface area contributed by atoms with E-state index in [9.17, 15) is 0 Å². The maximum absolute atomic E-state index is 4.25. The summed E-state index contributed by atoms with van der Waals surface area (Å²) in [5, 5.41) is 3.60. The normalized spacial score (nSPS) is 23.4. The predicted molar refractivity (Wildman–Crippen MR) is 79.2 cm³/mol. The number of aromatic nitrogens is 1. The van der Waals surface area contributed by atoms with Gasteiger partial charge in [0, 0.05) is 44.1 Å². The zero-order valence-electron chi connectivity index (χ0n) is 12.3. The van der Waals surface area contributed by atoms with Crippen LogP contribution in [0.3, 0.4) is 0 Å². The van der Waals surface area contributed by atoms with Gasteiger partial charge in [-0.15, -0.1) is 0 Å². The van der Waals surface area contributed by atoms with Crippen molar-refractivity contribution in [2.45, 2.75) is 25.4 Å². The Morgan fingerprint density at radius 2 is 2.26 bits per heavy atom. The fourth-order valence-corrected chi connectivity index (χ4v) is 2.79. The molecule has 0 bridgehead atoms. The van der Waals surface area contributed by atoms with E-state index in [-0.39, 0.29) is 0 Å². The second kappa shape index (κ2) is 6.98. The van der Waals surface area contributed by atoms with Crippen molar-refractivity contribution in [2.24, 2.45) is 0 Å². The number of rotatable bonds is 5. The Balaban J connectivity index is 2.03. The quantitative estimate of drug-likeness (QED) is 0.868. The molecule has 1 aromatic heterocycles. The van der Waals surface area contributed by atoms with E-state index in [1.54, 1.807) is 0 Å². The molecule has 1 saturated heterocycles. The summed E-state index contributed by atoms with van der Waals surface area (Å²) in [6.07, 6.45) is 4.97. The first-order chi connectivity index (χ1) is 9.20. The van der Waals surface area contributed by atoms with Gasteiger partial charge in [0.2, 0.25) is 0 Å². The Morgan fingerprint density at radius 1 is 1.42 bits per heavy atom. The first-order valence-electron chi connectivity index (χ1n) is 7.22. The third-order valence-electron chi connectivity index (χ3n) is 4.03. The molecule has 0 aromatic carbocycles. The summed E-state index contributed by atoms with van der Waals surface area (Å²) in [7, 11) is 4.45. The van der Waals surface area contributed by atoms with Crippen LogP contribution in [0.2, 0.25) is 0 Å². The monoisotopic (exact) mass is 262 g/mol. The Hall–Kier alpha value is -0.970. The molecular formula is C15H26N4. The molecule has 1 fully saturated rings. The summed E-state index contributed by atoms with van der Waals surface area (Å²) in [5.74, 6) is 0. The smallest absolute Gasteiger partial charge is 0.0350 e. The van der Waals surface area contributed by atoms with Gasteiger partial charge in [0.1, 0.15) is 0 Å². The molecule has 0 saturated carbocycles. The molecule has 2 unspecified atom stereocenters. The van der Waals surface area contributed by atoms with Gasteiger partial charge in [-0.1, -0.05) is 13.0 Å². The van der Waals surface area contributed by atoms with Crippen molar-refractivity contribution < 1.29 is 0 Å². The lowest BCUT2D eigenvalue weighted by atomic mass is 9.98. The highest BCUT2D eigenvalue weighted by atomic mass is 15.3. The van der Waals surface area contributed by atoms with Crippen molar-refractivity contribution in [3.63, 3.8) is 0 Å². The van der Waals surface area contributed by atoms with E-state index in [0.29, 0.717) is 12.1 Å². The average molecular weight is 262 g/mol. The molecule has 19 heavy (non-hydrogen) atoms. The summed E-state index contributed by atoms with van der Waals surface area (Å²) >= 11 is 0. The molecule has 0 radical (unpaired) electrons. The molecule has 2 heterocycles. The highest BCUT2D eigenvalue weighted by molar-refractivity contribution is 5.14. The Kier molecular flexibility index (Phi) is 5.31. The summed E-state index contributed by atoms with van der Waals surface area (Å²) in [6, 6.07) is 5.21. The third-order valence-corrected chi connectivity index (χ3v) is 4.03. The molecule has 0 spiro atoms. The number of hydrogen-bond donors (Lipinski definition) is 1. The maximum Gasteiger partial charge on any atom is 0.0350 e. The second-order valence-corrected chi connectivity index (χ2v) is 5.53. The average Bonchev–Trinajstić information content (AvgIpc) is 2.43. The van der Waals surface area contributed by atoms with E-state index in [1.165, 1.54) is 12.1 Å². The van der Waals surface area contributed by atoms with Gasteiger partial charge in [0.05, 0.1) is 0 Å². The highest BCUT2D eigenvalue weighted by Crippen LogP contribution is 2.21. The fourth-order valence-electron chi connectivity index (χ4n) is 2.79. The largest absolute Gasteiger partial charge is 0.310 e. The summed E-state index contributed by atoms with van der Waals surface area (Å²) in [6.45, 7) is 6.64. The summed E-state index contributed by atoms with van der Waals surface area (Å²) < 4.78 is 0. The lowest BCUT2D eigenvalue weighted by molar-refractivity contribution is 0.101. The third kappa shape index (κ3) is 4.00. The molecular weight excluding hydrogens is 236 g/mol. The standard InChI is InChI=1S/C15H26N4/c1-4-17-15(13-6-5-7-16-11-13)10-14-12-18(2)8-9-19(14)3/h5-7,11,14-15,17H,4,8-10,12H2,1-3H3. The lowest BCUT2D eigenvalue weighted by Gasteiger charge is -2.39. The van der Waals surface area contributed by atoms with E-state index in [2.05, 4.69) is 47.2 Å². The van der Waals surface area contributed by atoms with E-state index in [0.717, 1.165) is 26.1 Å². The van der Waals surface area contributed by atoms with Gasteiger partial charge in [-0.25, -0.2) is 0 Å². The van der Waals surface area contributed by atoms with Crippen molar-refractivity contribution in [1.82, 2.24) is 20.1 Å². The number of nitrogens with zero attached hydrogens (tertiary/aromatic N) is 3. The van der Waals surface area contributed by atoms with Crippen molar-refractivity contribution in [2.75, 3.05) is 40.3 Å². The van der Waals surface area contributed by atoms with Gasteiger partial charge in [-0.2, -0.15) is 0 Å². The van der Waals surface area contributed by atoms with E-state index in [4.69, 9.17) is 0 Å². The zero-order chi connectivity index (χ0) is 13.7. The SMILES string of the molecule is CCNC(CC1CN(C)CCN1C)c1cccnc1. The van der Waals surface area contributed by atoms with Gasteiger partial charge in [-0.3, -0.25) is 4.98 Å². The van der Waals surface area contributed by atoms with Crippen LogP contribution in [0.5, 0.6) is 0 Å². The molecule has 1 aromatic rings. The van der Waals surface area contributed by atoms with Gasteiger partial charge in [0.15, 0.2) is 0 Å². The minimum atomic E-state index is 0.401. The molecule has 106 valence electrons. The van der Waals surface area contributed by atoms with Gasteiger partial charge in [0.25, 0.3) is 0 Å². The van der Waals surface area contributed by atoms with Crippen LogP contribution in [-0.2, 0) is 0 Å². The van der Waals surface area contributed by atoms with Gasteiger partial charge < -0.3 is 15.1 Å². The fraction of sp³-hybridized carbons (Fsp3) is 0.667. The zero-order valence-corrected chi connectivity index (χ0v) is 12.3. The highest BCUT2D eigenvalue weighted by Gasteiger charge is 2.25. The van der Waals surface area contributed by atoms with Crippen LogP contribution in [0.1, 0.15) is 24.9 Å². The van der Waals surface area contributed by atoms with Crippen LogP contribution in [-0.4, -0.2) is 61.1 Å². The molecule has 1 aliphatic rings. The van der Waals surface area contributed by atoms with E-state index < -0.39 is 0 Å². The Morgan fingerprint density at radius 3 is 2.95 bits per heavy atom. The van der Waals surface area contributed by atoms with Crippen LogP contribution in [0.15, 0.2) is 24.5 Å². The molecule has 0 amide bonds. The molecule has 4 nitrogen and oxygen atoms in total.